The van der Waals surface area contributed by atoms with Gasteiger partial charge in [-0.2, -0.15) is 0 Å². The van der Waals surface area contributed by atoms with E-state index in [1.165, 1.54) is 14.2 Å². The molecule has 3 aliphatic heterocycles. The molecular formula is C54H69N9O8S. The molecule has 0 saturated carbocycles. The molecule has 5 heterocycles. The number of likely N-dealkylation sites (tertiary alicyclic amines) is 2. The van der Waals surface area contributed by atoms with Gasteiger partial charge in [-0.1, -0.05) is 109 Å². The number of imidazole rings is 2. The van der Waals surface area contributed by atoms with Gasteiger partial charge in [-0.3, -0.25) is 14.5 Å². The van der Waals surface area contributed by atoms with Crippen molar-refractivity contribution in [1.29, 1.82) is 0 Å². The second-order valence-electron chi connectivity index (χ2n) is 21.2. The molecule has 0 bridgehead atoms. The maximum atomic E-state index is 14.1. The van der Waals surface area contributed by atoms with Gasteiger partial charge in [0.1, 0.15) is 23.7 Å². The molecule has 3 aliphatic rings. The molecule has 0 aliphatic carbocycles. The Balaban J connectivity index is 1.06. The van der Waals surface area contributed by atoms with E-state index in [4.69, 9.17) is 14.7 Å². The average molecular weight is 1000 g/mol. The van der Waals surface area contributed by atoms with Gasteiger partial charge < -0.3 is 39.8 Å². The highest BCUT2D eigenvalue weighted by Gasteiger charge is 2.42. The van der Waals surface area contributed by atoms with Crippen molar-refractivity contribution in [3.8, 4) is 22.5 Å². The van der Waals surface area contributed by atoms with Crippen molar-refractivity contribution in [2.45, 2.75) is 116 Å². The van der Waals surface area contributed by atoms with Crippen LogP contribution in [0.15, 0.2) is 85.2 Å². The van der Waals surface area contributed by atoms with Crippen LogP contribution in [-0.2, 0) is 29.6 Å². The van der Waals surface area contributed by atoms with Crippen molar-refractivity contribution >= 4 is 39.5 Å². The number of benzene rings is 3. The zero-order chi connectivity index (χ0) is 51.8. The number of carbonyl (C=O) groups is 4. The topological polar surface area (TPSA) is 214 Å². The summed E-state index contributed by atoms with van der Waals surface area (Å²) in [6.07, 6.45) is 4.66. The molecule has 17 nitrogen and oxygen atoms in total. The number of aromatic nitrogens is 4. The Morgan fingerprint density at radius 2 is 1.19 bits per heavy atom. The number of amides is 4. The second-order valence-corrected chi connectivity index (χ2v) is 23.4. The predicted octanol–water partition coefficient (Wildman–Crippen LogP) is 8.82. The number of H-pyrrole nitrogens is 2. The number of ether oxygens (including phenoxy) is 1. The Labute approximate surface area is 422 Å². The SMILES string of the molecule is COC(=O)N[C@H](C(=O)N1CCC[C@H]1c1ncc(-c2ccc(C3CS(=O)(=O)CC(c4ccc(-c5cnc([C@@H]6CCCN6C(=O)[C@H](C(C)C)N(C)C(=O)O)[nH]5)cc4)N3c3ccc(C(C)(C)C)cc3)cc2)[nH]1)C(C)C. The highest BCUT2D eigenvalue weighted by Crippen LogP contribution is 2.43. The summed E-state index contributed by atoms with van der Waals surface area (Å²) in [5.74, 6) is 0.323. The van der Waals surface area contributed by atoms with Crippen LogP contribution in [0.5, 0.6) is 0 Å². The number of rotatable bonds is 13. The zero-order valence-electron chi connectivity index (χ0n) is 42.8. The van der Waals surface area contributed by atoms with Crippen molar-refractivity contribution < 1.29 is 37.4 Å². The van der Waals surface area contributed by atoms with E-state index in [1.807, 2.05) is 76.2 Å². The van der Waals surface area contributed by atoms with E-state index in [9.17, 15) is 32.7 Å². The Morgan fingerprint density at radius 3 is 1.61 bits per heavy atom. The Bertz CT molecular complexity index is 2860. The molecule has 72 heavy (non-hydrogen) atoms. The minimum absolute atomic E-state index is 0.0774. The summed E-state index contributed by atoms with van der Waals surface area (Å²) in [6, 6.07) is 21.0. The first-order valence-corrected chi connectivity index (χ1v) is 26.8. The fraction of sp³-hybridized carbons (Fsp3) is 0.481. The Kier molecular flexibility index (Phi) is 14.9. The van der Waals surface area contributed by atoms with E-state index < -0.39 is 46.2 Å². The number of sulfone groups is 1. The molecule has 8 rings (SSSR count). The molecule has 5 aromatic rings. The summed E-state index contributed by atoms with van der Waals surface area (Å²) in [7, 11) is -0.851. The van der Waals surface area contributed by atoms with Crippen LogP contribution in [0.1, 0.15) is 127 Å². The van der Waals surface area contributed by atoms with Crippen LogP contribution in [0.4, 0.5) is 15.3 Å². The fourth-order valence-electron chi connectivity index (χ4n) is 10.7. The van der Waals surface area contributed by atoms with Crippen molar-refractivity contribution in [2.24, 2.45) is 11.8 Å². The van der Waals surface area contributed by atoms with E-state index in [0.29, 0.717) is 31.2 Å². The predicted molar refractivity (Wildman–Crippen MR) is 276 cm³/mol. The maximum absolute atomic E-state index is 14.1. The van der Waals surface area contributed by atoms with Gasteiger partial charge in [0.05, 0.1) is 66.6 Å². The third kappa shape index (κ3) is 10.7. The number of anilines is 1. The van der Waals surface area contributed by atoms with Crippen LogP contribution in [0.25, 0.3) is 22.5 Å². The van der Waals surface area contributed by atoms with Crippen LogP contribution in [0.3, 0.4) is 0 Å². The number of hydrogen-bond donors (Lipinski definition) is 4. The lowest BCUT2D eigenvalue weighted by atomic mass is 9.87. The molecule has 3 aromatic carbocycles. The van der Waals surface area contributed by atoms with Gasteiger partial charge in [0, 0.05) is 25.8 Å². The lowest BCUT2D eigenvalue weighted by Crippen LogP contribution is -2.51. The summed E-state index contributed by atoms with van der Waals surface area (Å²) in [5, 5.41) is 12.4. The molecule has 3 saturated heterocycles. The van der Waals surface area contributed by atoms with E-state index in [1.54, 1.807) is 22.2 Å². The monoisotopic (exact) mass is 1000 g/mol. The minimum Gasteiger partial charge on any atom is -0.465 e. The van der Waals surface area contributed by atoms with Crippen LogP contribution in [0.2, 0.25) is 0 Å². The number of carboxylic acid groups (broad SMARTS) is 1. The molecule has 0 spiro atoms. The van der Waals surface area contributed by atoms with E-state index in [0.717, 1.165) is 69.1 Å². The van der Waals surface area contributed by atoms with Crippen molar-refractivity contribution in [3.63, 3.8) is 0 Å². The van der Waals surface area contributed by atoms with Crippen LogP contribution < -0.4 is 10.2 Å². The standard InChI is InChI=1S/C54H69N9O8S/c1-32(2)46(59-52(66)71-9)50(64)61-26-10-12-42(61)48-55-28-40(57-48)34-14-18-36(19-15-34)44-30-72(69,70)31-45(63(44)39-24-22-38(23-25-39)54(5,6)7)37-20-16-35(17-21-37)41-29-56-49(58-41)43-13-11-27-62(43)51(65)47(33(3)4)60(8)53(67)68/h14-25,28-29,32-33,42-47H,10-13,26-27,30-31H2,1-9H3,(H,55,57)(H,56,58)(H,59,66)(H,67,68)/t42-,43-,44?,45?,46-,47-/m0/s1. The highest BCUT2D eigenvalue weighted by molar-refractivity contribution is 7.91. The number of nitrogens with zero attached hydrogens (tertiary/aromatic N) is 6. The normalized spacial score (nSPS) is 21.0. The Hall–Kier alpha value is -6.69. The maximum Gasteiger partial charge on any atom is 0.407 e. The summed E-state index contributed by atoms with van der Waals surface area (Å²) in [6.45, 7) is 15.0. The number of likely N-dealkylation sites (N-methyl/N-ethyl adjacent to an activating group) is 1. The van der Waals surface area contributed by atoms with Crippen LogP contribution in [0, 0.1) is 11.8 Å². The number of carbonyl (C=O) groups excluding carboxylic acids is 3. The molecule has 4 N–H and O–H groups in total. The number of nitrogens with one attached hydrogen (secondary N) is 3. The van der Waals surface area contributed by atoms with Crippen LogP contribution >= 0.6 is 0 Å². The van der Waals surface area contributed by atoms with E-state index >= 15 is 0 Å². The summed E-state index contributed by atoms with van der Waals surface area (Å²) in [5.41, 5.74) is 6.85. The van der Waals surface area contributed by atoms with E-state index in [-0.39, 0.29) is 52.7 Å². The molecule has 3 fully saturated rings. The lowest BCUT2D eigenvalue weighted by molar-refractivity contribution is -0.138. The van der Waals surface area contributed by atoms with Crippen molar-refractivity contribution in [3.05, 3.63) is 114 Å². The first kappa shape index (κ1) is 51.7. The van der Waals surface area contributed by atoms with Gasteiger partial charge >= 0.3 is 12.2 Å². The van der Waals surface area contributed by atoms with Gasteiger partial charge in [-0.25, -0.2) is 28.0 Å². The molecule has 18 heteroatoms. The van der Waals surface area contributed by atoms with Crippen molar-refractivity contribution in [2.75, 3.05) is 43.7 Å². The number of aromatic amines is 2. The second kappa shape index (κ2) is 20.8. The quantitative estimate of drug-likeness (QED) is 0.0875. The third-order valence-corrected chi connectivity index (χ3v) is 16.3. The highest BCUT2D eigenvalue weighted by atomic mass is 32.2. The number of methoxy groups -OCH3 is 1. The molecule has 6 atom stereocenters. The average Bonchev–Trinajstić information content (AvgIpc) is 4.20. The zero-order valence-corrected chi connectivity index (χ0v) is 43.6. The smallest absolute Gasteiger partial charge is 0.407 e. The summed E-state index contributed by atoms with van der Waals surface area (Å²) in [4.78, 5) is 74.8. The Morgan fingerprint density at radius 1 is 0.722 bits per heavy atom. The van der Waals surface area contributed by atoms with Crippen molar-refractivity contribution in [1.82, 2.24) is 40.0 Å². The number of hydrogen-bond acceptors (Lipinski definition) is 10. The summed E-state index contributed by atoms with van der Waals surface area (Å²) >= 11 is 0. The molecule has 384 valence electrons. The fourth-order valence-corrected chi connectivity index (χ4v) is 12.5. The molecule has 2 unspecified atom stereocenters. The molecule has 2 aromatic heterocycles. The van der Waals surface area contributed by atoms with Gasteiger partial charge in [0.15, 0.2) is 9.84 Å². The largest absolute Gasteiger partial charge is 0.465 e. The summed E-state index contributed by atoms with van der Waals surface area (Å²) < 4.78 is 33.0. The third-order valence-electron chi connectivity index (χ3n) is 14.6. The van der Waals surface area contributed by atoms with Gasteiger partial charge in [0.2, 0.25) is 11.8 Å². The van der Waals surface area contributed by atoms with Gasteiger partial charge in [0.25, 0.3) is 0 Å². The van der Waals surface area contributed by atoms with Crippen LogP contribution in [-0.4, -0.2) is 123 Å². The first-order chi connectivity index (χ1) is 34.1. The van der Waals surface area contributed by atoms with Gasteiger partial charge in [-0.05, 0) is 82.9 Å². The molecule has 4 amide bonds. The minimum atomic E-state index is -3.56. The first-order valence-electron chi connectivity index (χ1n) is 25.0. The van der Waals surface area contributed by atoms with E-state index in [2.05, 4.69) is 65.2 Å². The number of alkyl carbamates (subject to hydrolysis) is 1. The molecular weight excluding hydrogens is 935 g/mol. The molecule has 0 radical (unpaired) electrons. The van der Waals surface area contributed by atoms with Gasteiger partial charge in [-0.15, -0.1) is 0 Å². The lowest BCUT2D eigenvalue weighted by Gasteiger charge is -2.44.